The van der Waals surface area contributed by atoms with E-state index in [-0.39, 0.29) is 18.7 Å². The number of benzene rings is 2. The van der Waals surface area contributed by atoms with E-state index in [0.29, 0.717) is 19.4 Å². The Balaban J connectivity index is 1.51. The molecular weight excluding hydrogens is 328 g/mol. The van der Waals surface area contributed by atoms with Gasteiger partial charge in [0, 0.05) is 13.0 Å². The summed E-state index contributed by atoms with van der Waals surface area (Å²) in [6.07, 6.45) is 1.13. The molecule has 1 unspecified atom stereocenters. The minimum Gasteiger partial charge on any atom is -0.454 e. The first-order chi connectivity index (χ1) is 12.5. The van der Waals surface area contributed by atoms with Crippen molar-refractivity contribution < 1.29 is 14.3 Å². The molecule has 2 aromatic carbocycles. The summed E-state index contributed by atoms with van der Waals surface area (Å²) in [5.74, 6) is 1.58. The summed E-state index contributed by atoms with van der Waals surface area (Å²) in [5.41, 5.74) is 3.52. The normalized spacial score (nSPS) is 13.7. The van der Waals surface area contributed by atoms with Crippen LogP contribution in [-0.2, 0) is 11.2 Å². The van der Waals surface area contributed by atoms with Crippen molar-refractivity contribution in [1.29, 1.82) is 0 Å². The Labute approximate surface area is 154 Å². The van der Waals surface area contributed by atoms with E-state index in [1.54, 1.807) is 0 Å². The minimum absolute atomic E-state index is 0.0571. The molecule has 2 aromatic rings. The van der Waals surface area contributed by atoms with E-state index >= 15 is 0 Å². The van der Waals surface area contributed by atoms with Gasteiger partial charge in [-0.1, -0.05) is 35.9 Å². The lowest BCUT2D eigenvalue weighted by Crippen LogP contribution is -2.34. The molecule has 0 aromatic heterocycles. The fourth-order valence-electron chi connectivity index (χ4n) is 3.04. The number of amides is 1. The second-order valence-electron chi connectivity index (χ2n) is 6.88. The molecule has 1 atom stereocenters. The van der Waals surface area contributed by atoms with Crippen LogP contribution in [0.4, 0.5) is 0 Å². The SMILES string of the molecule is Cc1ccc(C(CNC(=O)CCc2ccc3c(c2)OCO3)N(C)C)cc1. The monoisotopic (exact) mass is 354 g/mol. The first kappa shape index (κ1) is 18.3. The van der Waals surface area contributed by atoms with E-state index in [9.17, 15) is 4.79 Å². The Morgan fingerprint density at radius 1 is 1.12 bits per heavy atom. The molecule has 0 fully saturated rings. The predicted molar refractivity (Wildman–Crippen MR) is 102 cm³/mol. The topological polar surface area (TPSA) is 50.8 Å². The van der Waals surface area contributed by atoms with Gasteiger partial charge in [-0.25, -0.2) is 0 Å². The molecule has 138 valence electrons. The van der Waals surface area contributed by atoms with Crippen molar-refractivity contribution in [2.24, 2.45) is 0 Å². The van der Waals surface area contributed by atoms with Gasteiger partial charge in [0.2, 0.25) is 12.7 Å². The van der Waals surface area contributed by atoms with Gasteiger partial charge in [-0.3, -0.25) is 4.79 Å². The summed E-state index contributed by atoms with van der Waals surface area (Å²) in [4.78, 5) is 14.4. The summed E-state index contributed by atoms with van der Waals surface area (Å²) in [6.45, 7) is 2.94. The average Bonchev–Trinajstić information content (AvgIpc) is 3.09. The highest BCUT2D eigenvalue weighted by Crippen LogP contribution is 2.32. The number of hydrogen-bond donors (Lipinski definition) is 1. The van der Waals surface area contributed by atoms with E-state index in [1.807, 2.05) is 32.3 Å². The first-order valence-corrected chi connectivity index (χ1v) is 8.91. The standard InChI is InChI=1S/C21H26N2O3/c1-15-4-8-17(9-5-15)18(23(2)3)13-22-21(24)11-7-16-6-10-19-20(12-16)26-14-25-19/h4-6,8-10,12,18H,7,11,13-14H2,1-3H3,(H,22,24). The molecule has 5 heteroatoms. The maximum Gasteiger partial charge on any atom is 0.231 e. The molecule has 0 spiro atoms. The van der Waals surface area contributed by atoms with Gasteiger partial charge in [0.15, 0.2) is 11.5 Å². The first-order valence-electron chi connectivity index (χ1n) is 8.91. The quantitative estimate of drug-likeness (QED) is 0.830. The number of rotatable bonds is 7. The van der Waals surface area contributed by atoms with Crippen LogP contribution in [0.3, 0.4) is 0 Å². The van der Waals surface area contributed by atoms with Crippen molar-refractivity contribution in [3.63, 3.8) is 0 Å². The Kier molecular flexibility index (Phi) is 5.78. The van der Waals surface area contributed by atoms with Crippen molar-refractivity contribution in [2.45, 2.75) is 25.8 Å². The number of aryl methyl sites for hydroxylation is 2. The Morgan fingerprint density at radius 2 is 1.85 bits per heavy atom. The number of fused-ring (bicyclic) bond motifs is 1. The van der Waals surface area contributed by atoms with Crippen molar-refractivity contribution in [1.82, 2.24) is 10.2 Å². The molecule has 1 aliphatic rings. The van der Waals surface area contributed by atoms with E-state index in [0.717, 1.165) is 17.1 Å². The lowest BCUT2D eigenvalue weighted by atomic mass is 10.0. The largest absolute Gasteiger partial charge is 0.454 e. The van der Waals surface area contributed by atoms with Gasteiger partial charge >= 0.3 is 0 Å². The highest BCUT2D eigenvalue weighted by Gasteiger charge is 2.16. The smallest absolute Gasteiger partial charge is 0.231 e. The van der Waals surface area contributed by atoms with Gasteiger partial charge in [0.25, 0.3) is 0 Å². The van der Waals surface area contributed by atoms with Gasteiger partial charge < -0.3 is 19.7 Å². The van der Waals surface area contributed by atoms with Crippen LogP contribution in [0.25, 0.3) is 0 Å². The van der Waals surface area contributed by atoms with E-state index < -0.39 is 0 Å². The number of ether oxygens (including phenoxy) is 2. The number of likely N-dealkylation sites (N-methyl/N-ethyl adjacent to an activating group) is 1. The van der Waals surface area contributed by atoms with Gasteiger partial charge in [0.05, 0.1) is 6.04 Å². The predicted octanol–water partition coefficient (Wildman–Crippen LogP) is 3.08. The molecule has 0 saturated heterocycles. The summed E-state index contributed by atoms with van der Waals surface area (Å²) in [5, 5.41) is 3.06. The zero-order chi connectivity index (χ0) is 18.5. The molecule has 1 amide bonds. The van der Waals surface area contributed by atoms with Crippen LogP contribution < -0.4 is 14.8 Å². The molecular formula is C21H26N2O3. The summed E-state index contributed by atoms with van der Waals surface area (Å²) in [6, 6.07) is 14.4. The second kappa shape index (κ2) is 8.23. The molecule has 5 nitrogen and oxygen atoms in total. The molecule has 0 aliphatic carbocycles. The second-order valence-corrected chi connectivity index (χ2v) is 6.88. The lowest BCUT2D eigenvalue weighted by molar-refractivity contribution is -0.121. The highest BCUT2D eigenvalue weighted by atomic mass is 16.7. The van der Waals surface area contributed by atoms with Crippen molar-refractivity contribution >= 4 is 5.91 Å². The Morgan fingerprint density at radius 3 is 2.58 bits per heavy atom. The fraction of sp³-hybridized carbons (Fsp3) is 0.381. The third kappa shape index (κ3) is 4.55. The third-order valence-electron chi connectivity index (χ3n) is 4.66. The van der Waals surface area contributed by atoms with Gasteiger partial charge in [0.1, 0.15) is 0 Å². The zero-order valence-electron chi connectivity index (χ0n) is 15.6. The summed E-state index contributed by atoms with van der Waals surface area (Å²) >= 11 is 0. The molecule has 1 heterocycles. The number of nitrogens with zero attached hydrogens (tertiary/aromatic N) is 1. The summed E-state index contributed by atoms with van der Waals surface area (Å²) in [7, 11) is 4.06. The number of carbonyl (C=O) groups is 1. The molecule has 0 radical (unpaired) electrons. The fourth-order valence-corrected chi connectivity index (χ4v) is 3.04. The number of carbonyl (C=O) groups excluding carboxylic acids is 1. The van der Waals surface area contributed by atoms with Crippen molar-refractivity contribution in [2.75, 3.05) is 27.4 Å². The van der Waals surface area contributed by atoms with Crippen LogP contribution in [0.15, 0.2) is 42.5 Å². The van der Waals surface area contributed by atoms with Gasteiger partial charge in [-0.05, 0) is 50.7 Å². The van der Waals surface area contributed by atoms with Crippen LogP contribution in [0.2, 0.25) is 0 Å². The summed E-state index contributed by atoms with van der Waals surface area (Å²) < 4.78 is 10.7. The number of hydrogen-bond acceptors (Lipinski definition) is 4. The average molecular weight is 354 g/mol. The van der Waals surface area contributed by atoms with E-state index in [1.165, 1.54) is 11.1 Å². The zero-order valence-corrected chi connectivity index (χ0v) is 15.6. The van der Waals surface area contributed by atoms with Gasteiger partial charge in [-0.15, -0.1) is 0 Å². The Bertz CT molecular complexity index is 756. The number of nitrogens with one attached hydrogen (secondary N) is 1. The van der Waals surface area contributed by atoms with Crippen LogP contribution in [0.1, 0.15) is 29.2 Å². The molecule has 26 heavy (non-hydrogen) atoms. The lowest BCUT2D eigenvalue weighted by Gasteiger charge is -2.25. The highest BCUT2D eigenvalue weighted by molar-refractivity contribution is 5.76. The van der Waals surface area contributed by atoms with Gasteiger partial charge in [-0.2, -0.15) is 0 Å². The van der Waals surface area contributed by atoms with Crippen LogP contribution in [0, 0.1) is 6.92 Å². The van der Waals surface area contributed by atoms with Crippen LogP contribution in [0.5, 0.6) is 11.5 Å². The molecule has 0 saturated carbocycles. The maximum absolute atomic E-state index is 12.3. The minimum atomic E-state index is 0.0571. The van der Waals surface area contributed by atoms with Crippen molar-refractivity contribution in [3.05, 3.63) is 59.2 Å². The van der Waals surface area contributed by atoms with E-state index in [2.05, 4.69) is 41.4 Å². The molecule has 0 bridgehead atoms. The molecule has 1 aliphatic heterocycles. The van der Waals surface area contributed by atoms with Crippen molar-refractivity contribution in [3.8, 4) is 11.5 Å². The maximum atomic E-state index is 12.3. The molecule has 3 rings (SSSR count). The van der Waals surface area contributed by atoms with Crippen LogP contribution >= 0.6 is 0 Å². The van der Waals surface area contributed by atoms with Crippen LogP contribution in [-0.4, -0.2) is 38.2 Å². The third-order valence-corrected chi connectivity index (χ3v) is 4.66. The van der Waals surface area contributed by atoms with E-state index in [4.69, 9.17) is 9.47 Å². The molecule has 1 N–H and O–H groups in total. The Hall–Kier alpha value is -2.53.